The summed E-state index contributed by atoms with van der Waals surface area (Å²) in [5.74, 6) is -0.568. The maximum absolute atomic E-state index is 13.3. The molecule has 1 aromatic carbocycles. The van der Waals surface area contributed by atoms with E-state index in [4.69, 9.17) is 23.8 Å². The highest BCUT2D eigenvalue weighted by Gasteiger charge is 2.07. The third-order valence-electron chi connectivity index (χ3n) is 1.58. The number of benzene rings is 1. The molecule has 86 valence electrons. The smallest absolute Gasteiger partial charge is 0.413 e. The highest BCUT2D eigenvalue weighted by molar-refractivity contribution is 7.80. The normalized spacial score (nSPS) is 9.44. The second-order valence-electron chi connectivity index (χ2n) is 2.69. The molecule has 1 rings (SSSR count). The Bertz CT molecular complexity index is 428. The number of ether oxygens (including phenoxy) is 1. The Balaban J connectivity index is 2.66. The molecule has 0 spiro atoms. The molecular formula is C9H8ClFN2O2S. The number of thiocarbonyl (C=S) groups is 1. The second kappa shape index (κ2) is 5.62. The molecule has 4 nitrogen and oxygen atoms in total. The summed E-state index contributed by atoms with van der Waals surface area (Å²) in [7, 11) is 1.20. The van der Waals surface area contributed by atoms with Crippen LogP contribution in [0.15, 0.2) is 18.2 Å². The van der Waals surface area contributed by atoms with Crippen LogP contribution in [0.1, 0.15) is 0 Å². The van der Waals surface area contributed by atoms with Crippen molar-refractivity contribution in [3.63, 3.8) is 0 Å². The van der Waals surface area contributed by atoms with Gasteiger partial charge in [0, 0.05) is 5.02 Å². The van der Waals surface area contributed by atoms with Gasteiger partial charge in [0.1, 0.15) is 5.82 Å². The third-order valence-corrected chi connectivity index (χ3v) is 2.02. The van der Waals surface area contributed by atoms with Gasteiger partial charge in [0.2, 0.25) is 0 Å². The minimum absolute atomic E-state index is 0.0620. The van der Waals surface area contributed by atoms with Crippen LogP contribution in [0.2, 0.25) is 5.02 Å². The molecule has 0 aliphatic rings. The number of carbonyl (C=O) groups is 1. The zero-order chi connectivity index (χ0) is 12.1. The molecule has 1 aromatic rings. The van der Waals surface area contributed by atoms with Crippen LogP contribution in [0.25, 0.3) is 0 Å². The number of halogens is 2. The minimum atomic E-state index is -0.730. The van der Waals surface area contributed by atoms with Crippen LogP contribution < -0.4 is 10.6 Å². The van der Waals surface area contributed by atoms with Crippen molar-refractivity contribution in [3.8, 4) is 0 Å². The summed E-state index contributed by atoms with van der Waals surface area (Å²) in [6, 6.07) is 4.03. The van der Waals surface area contributed by atoms with Gasteiger partial charge in [-0.25, -0.2) is 9.18 Å². The largest absolute Gasteiger partial charge is 0.453 e. The lowest BCUT2D eigenvalue weighted by molar-refractivity contribution is 0.177. The van der Waals surface area contributed by atoms with Crippen molar-refractivity contribution < 1.29 is 13.9 Å². The van der Waals surface area contributed by atoms with Crippen LogP contribution in [0.5, 0.6) is 0 Å². The Morgan fingerprint density at radius 1 is 1.56 bits per heavy atom. The van der Waals surface area contributed by atoms with E-state index in [-0.39, 0.29) is 15.8 Å². The number of alkyl carbamates (subject to hydrolysis) is 1. The summed E-state index contributed by atoms with van der Waals surface area (Å²) in [4.78, 5) is 10.8. The molecule has 0 radical (unpaired) electrons. The highest BCUT2D eigenvalue weighted by atomic mass is 35.5. The van der Waals surface area contributed by atoms with Gasteiger partial charge in [0.05, 0.1) is 12.8 Å². The van der Waals surface area contributed by atoms with Gasteiger partial charge in [-0.15, -0.1) is 0 Å². The van der Waals surface area contributed by atoms with Crippen LogP contribution in [0.4, 0.5) is 14.9 Å². The van der Waals surface area contributed by atoms with Crippen molar-refractivity contribution in [1.29, 1.82) is 0 Å². The summed E-state index contributed by atoms with van der Waals surface area (Å²) in [6.07, 6.45) is -0.730. The van der Waals surface area contributed by atoms with Gasteiger partial charge in [-0.1, -0.05) is 11.6 Å². The van der Waals surface area contributed by atoms with Crippen LogP contribution >= 0.6 is 23.8 Å². The van der Waals surface area contributed by atoms with E-state index in [0.29, 0.717) is 0 Å². The maximum Gasteiger partial charge on any atom is 0.413 e. The van der Waals surface area contributed by atoms with Gasteiger partial charge in [0.15, 0.2) is 5.11 Å². The molecule has 0 aliphatic carbocycles. The molecular weight excluding hydrogens is 255 g/mol. The van der Waals surface area contributed by atoms with Gasteiger partial charge < -0.3 is 10.1 Å². The van der Waals surface area contributed by atoms with E-state index in [2.05, 4.69) is 15.4 Å². The van der Waals surface area contributed by atoms with Gasteiger partial charge in [-0.2, -0.15) is 0 Å². The zero-order valence-corrected chi connectivity index (χ0v) is 9.79. The number of hydrogen-bond acceptors (Lipinski definition) is 3. The monoisotopic (exact) mass is 262 g/mol. The van der Waals surface area contributed by atoms with Crippen LogP contribution in [0.3, 0.4) is 0 Å². The summed E-state index contributed by atoms with van der Waals surface area (Å²) in [5.41, 5.74) is 0.116. The van der Waals surface area contributed by atoms with Gasteiger partial charge in [-0.3, -0.25) is 5.32 Å². The lowest BCUT2D eigenvalue weighted by atomic mass is 10.3. The molecule has 0 saturated heterocycles. The first-order valence-electron chi connectivity index (χ1n) is 4.14. The fraction of sp³-hybridized carbons (Fsp3) is 0.111. The van der Waals surface area contributed by atoms with Crippen LogP contribution in [0, 0.1) is 5.82 Å². The lowest BCUT2D eigenvalue weighted by Gasteiger charge is -2.09. The summed E-state index contributed by atoms with van der Waals surface area (Å²) in [5, 5.41) is 4.88. The van der Waals surface area contributed by atoms with E-state index >= 15 is 0 Å². The Kier molecular flexibility index (Phi) is 4.45. The van der Waals surface area contributed by atoms with Crippen molar-refractivity contribution >= 4 is 40.7 Å². The van der Waals surface area contributed by atoms with E-state index in [1.54, 1.807) is 0 Å². The van der Waals surface area contributed by atoms with Crippen molar-refractivity contribution in [3.05, 3.63) is 29.0 Å². The third kappa shape index (κ3) is 3.63. The minimum Gasteiger partial charge on any atom is -0.453 e. The maximum atomic E-state index is 13.3. The van der Waals surface area contributed by atoms with Crippen LogP contribution in [-0.4, -0.2) is 18.3 Å². The first-order valence-corrected chi connectivity index (χ1v) is 4.92. The predicted molar refractivity (Wildman–Crippen MR) is 63.2 cm³/mol. The van der Waals surface area contributed by atoms with E-state index < -0.39 is 11.9 Å². The standard InChI is InChI=1S/C9H8ClFN2O2S/c1-15-9(14)13-8(16)12-7-3-2-5(10)4-6(7)11/h2-4H,1H3,(H2,12,13,14,16). The Hall–Kier alpha value is -1.40. The van der Waals surface area contributed by atoms with Crippen molar-refractivity contribution in [2.24, 2.45) is 0 Å². The van der Waals surface area contributed by atoms with Crippen molar-refractivity contribution in [1.82, 2.24) is 5.32 Å². The number of hydrogen-bond donors (Lipinski definition) is 2. The molecule has 0 fully saturated rings. The number of rotatable bonds is 1. The van der Waals surface area contributed by atoms with E-state index in [0.717, 1.165) is 6.07 Å². The molecule has 16 heavy (non-hydrogen) atoms. The first-order chi connectivity index (χ1) is 7.52. The molecule has 1 amide bonds. The summed E-state index contributed by atoms with van der Waals surface area (Å²) >= 11 is 10.3. The Morgan fingerprint density at radius 2 is 2.25 bits per heavy atom. The average molecular weight is 263 g/mol. The number of nitrogens with one attached hydrogen (secondary N) is 2. The molecule has 0 heterocycles. The number of anilines is 1. The Labute approximate surface area is 102 Å². The number of amides is 1. The van der Waals surface area contributed by atoms with Gasteiger partial charge >= 0.3 is 6.09 Å². The zero-order valence-electron chi connectivity index (χ0n) is 8.21. The Morgan fingerprint density at radius 3 is 2.81 bits per heavy atom. The highest BCUT2D eigenvalue weighted by Crippen LogP contribution is 2.18. The summed E-state index contributed by atoms with van der Waals surface area (Å²) < 4.78 is 17.6. The molecule has 0 atom stereocenters. The quantitative estimate of drug-likeness (QED) is 0.764. The number of carbonyl (C=O) groups excluding carboxylic acids is 1. The second-order valence-corrected chi connectivity index (χ2v) is 3.54. The molecule has 0 unspecified atom stereocenters. The van der Waals surface area contributed by atoms with Crippen molar-refractivity contribution in [2.45, 2.75) is 0 Å². The molecule has 0 bridgehead atoms. The molecule has 7 heteroatoms. The van der Waals surface area contributed by atoms with Crippen molar-refractivity contribution in [2.75, 3.05) is 12.4 Å². The molecule has 2 N–H and O–H groups in total. The molecule has 0 saturated carbocycles. The van der Waals surface area contributed by atoms with Crippen LogP contribution in [-0.2, 0) is 4.74 Å². The van der Waals surface area contributed by atoms with E-state index in [1.807, 2.05) is 0 Å². The topological polar surface area (TPSA) is 50.4 Å². The van der Waals surface area contributed by atoms with E-state index in [1.165, 1.54) is 19.2 Å². The predicted octanol–water partition coefficient (Wildman–Crippen LogP) is 2.53. The fourth-order valence-corrected chi connectivity index (χ4v) is 1.24. The van der Waals surface area contributed by atoms with E-state index in [9.17, 15) is 9.18 Å². The number of methoxy groups -OCH3 is 1. The van der Waals surface area contributed by atoms with Gasteiger partial charge in [0.25, 0.3) is 0 Å². The SMILES string of the molecule is COC(=O)NC(=S)Nc1ccc(Cl)cc1F. The average Bonchev–Trinajstić information content (AvgIpc) is 2.22. The van der Waals surface area contributed by atoms with Gasteiger partial charge in [-0.05, 0) is 30.4 Å². The fourth-order valence-electron chi connectivity index (χ4n) is 0.888. The summed E-state index contributed by atoms with van der Waals surface area (Å²) in [6.45, 7) is 0. The molecule has 0 aliphatic heterocycles. The molecule has 0 aromatic heterocycles. The first kappa shape index (κ1) is 12.7. The lowest BCUT2D eigenvalue weighted by Crippen LogP contribution is -2.34.